The fourth-order valence-corrected chi connectivity index (χ4v) is 8.78. The second-order valence-corrected chi connectivity index (χ2v) is 12.5. The minimum absolute atomic E-state index is 0.117. The first-order valence-corrected chi connectivity index (χ1v) is 14.6. The zero-order chi connectivity index (χ0) is 27.6. The van der Waals surface area contributed by atoms with E-state index in [4.69, 9.17) is 11.3 Å². The van der Waals surface area contributed by atoms with E-state index in [1.807, 2.05) is 18.2 Å². The molecule has 0 unspecified atom stereocenters. The van der Waals surface area contributed by atoms with Crippen molar-refractivity contribution in [3.8, 4) is 12.3 Å². The van der Waals surface area contributed by atoms with Crippen LogP contribution in [0.3, 0.4) is 0 Å². The van der Waals surface area contributed by atoms with Gasteiger partial charge in [0.15, 0.2) is 5.43 Å². The Kier molecular flexibility index (Phi) is 5.80. The largest absolute Gasteiger partial charge is 0.377 e. The van der Waals surface area contributed by atoms with Gasteiger partial charge in [0.25, 0.3) is 0 Å². The van der Waals surface area contributed by atoms with E-state index in [0.29, 0.717) is 57.5 Å². The molecule has 2 N–H and O–H groups in total. The number of rotatable bonds is 2. The van der Waals surface area contributed by atoms with Gasteiger partial charge in [-0.1, -0.05) is 41.8 Å². The van der Waals surface area contributed by atoms with Crippen molar-refractivity contribution < 1.29 is 14.7 Å². The minimum Gasteiger partial charge on any atom is -0.377 e. The molecule has 6 heteroatoms. The van der Waals surface area contributed by atoms with E-state index in [9.17, 15) is 14.7 Å². The van der Waals surface area contributed by atoms with E-state index in [1.165, 1.54) is 5.57 Å². The summed E-state index contributed by atoms with van der Waals surface area (Å²) in [6.45, 7) is 2.22. The number of nitrogens with zero attached hydrogens (tertiary/aromatic N) is 1. The predicted molar refractivity (Wildman–Crippen MR) is 156 cm³/mol. The average molecular weight is 535 g/mol. The van der Waals surface area contributed by atoms with E-state index >= 15 is 0 Å². The summed E-state index contributed by atoms with van der Waals surface area (Å²) in [6, 6.07) is 12.4. The topological polar surface area (TPSA) is 91.8 Å². The Balaban J connectivity index is 1.11. The van der Waals surface area contributed by atoms with Crippen molar-refractivity contribution in [2.45, 2.75) is 63.9 Å². The van der Waals surface area contributed by atoms with Gasteiger partial charge in [0, 0.05) is 21.7 Å². The van der Waals surface area contributed by atoms with Crippen LogP contribution in [0.5, 0.6) is 0 Å². The van der Waals surface area contributed by atoms with Crippen LogP contribution in [0.2, 0.25) is 0 Å². The number of aromatic nitrogens is 1. The van der Waals surface area contributed by atoms with Gasteiger partial charge in [0.1, 0.15) is 5.60 Å². The Morgan fingerprint density at radius 2 is 1.88 bits per heavy atom. The molecule has 0 aliphatic heterocycles. The Bertz CT molecular complexity index is 1710. The maximum atomic E-state index is 13.1. The van der Waals surface area contributed by atoms with Crippen molar-refractivity contribution in [1.82, 2.24) is 4.98 Å². The van der Waals surface area contributed by atoms with E-state index in [2.05, 4.69) is 29.1 Å². The van der Waals surface area contributed by atoms with Crippen molar-refractivity contribution >= 4 is 33.5 Å². The molecule has 1 heterocycles. The van der Waals surface area contributed by atoms with Crippen LogP contribution in [-0.2, 0) is 4.84 Å². The highest BCUT2D eigenvalue weighted by atomic mass is 16.7. The van der Waals surface area contributed by atoms with Gasteiger partial charge in [0.2, 0.25) is 0 Å². The number of terminal acetylenes is 1. The summed E-state index contributed by atoms with van der Waals surface area (Å²) in [7, 11) is 0. The number of pyridine rings is 1. The summed E-state index contributed by atoms with van der Waals surface area (Å²) in [5.74, 6) is 4.40. The average Bonchev–Trinajstić information content (AvgIpc) is 3.26. The fourth-order valence-electron chi connectivity index (χ4n) is 8.78. The van der Waals surface area contributed by atoms with Gasteiger partial charge in [0.05, 0.1) is 16.8 Å². The van der Waals surface area contributed by atoms with E-state index in [-0.39, 0.29) is 10.8 Å². The maximum absolute atomic E-state index is 13.1. The van der Waals surface area contributed by atoms with Crippen LogP contribution in [0.25, 0.3) is 21.8 Å². The number of aliphatic hydroxyl groups is 1. The van der Waals surface area contributed by atoms with Crippen LogP contribution in [-0.4, -0.2) is 27.4 Å². The number of fused-ring (bicyclic) bond motifs is 7. The van der Waals surface area contributed by atoms with Crippen LogP contribution in [0.15, 0.2) is 64.1 Å². The molecule has 7 rings (SSSR count). The second kappa shape index (κ2) is 9.17. The first-order valence-electron chi connectivity index (χ1n) is 14.6. The third-order valence-corrected chi connectivity index (χ3v) is 10.9. The molecule has 4 aliphatic carbocycles. The molecule has 3 fully saturated rings. The van der Waals surface area contributed by atoms with Gasteiger partial charge in [-0.3, -0.25) is 4.79 Å². The molecule has 0 saturated heterocycles. The summed E-state index contributed by atoms with van der Waals surface area (Å²) in [6.07, 6.45) is 15.7. The van der Waals surface area contributed by atoms with E-state index < -0.39 is 11.6 Å². The van der Waals surface area contributed by atoms with E-state index in [0.717, 1.165) is 50.7 Å². The Morgan fingerprint density at radius 3 is 2.73 bits per heavy atom. The highest BCUT2D eigenvalue weighted by Gasteiger charge is 2.61. The lowest BCUT2D eigenvalue weighted by atomic mass is 9.50. The molecule has 3 aromatic rings. The van der Waals surface area contributed by atoms with Gasteiger partial charge in [-0.25, -0.2) is 4.79 Å². The number of benzene rings is 2. The lowest BCUT2D eigenvalue weighted by Crippen LogP contribution is -2.52. The second-order valence-electron chi connectivity index (χ2n) is 12.5. The van der Waals surface area contributed by atoms with Crippen LogP contribution in [0.4, 0.5) is 0 Å². The highest BCUT2D eigenvalue weighted by Crippen LogP contribution is 2.64. The first-order chi connectivity index (χ1) is 19.3. The molecule has 4 aliphatic rings. The number of para-hydroxylation sites is 2. The molecule has 0 spiro atoms. The molecule has 1 aromatic heterocycles. The third kappa shape index (κ3) is 3.64. The molecular weight excluding hydrogens is 500 g/mol. The van der Waals surface area contributed by atoms with Crippen LogP contribution in [0, 0.1) is 41.4 Å². The van der Waals surface area contributed by atoms with Gasteiger partial charge in [-0.2, -0.15) is 0 Å². The van der Waals surface area contributed by atoms with Crippen LogP contribution in [0.1, 0.15) is 68.6 Å². The Labute approximate surface area is 233 Å². The zero-order valence-corrected chi connectivity index (χ0v) is 22.8. The molecule has 204 valence electrons. The zero-order valence-electron chi connectivity index (χ0n) is 22.8. The number of oxime groups is 1. The summed E-state index contributed by atoms with van der Waals surface area (Å²) >= 11 is 0. The van der Waals surface area contributed by atoms with Crippen molar-refractivity contribution in [1.29, 1.82) is 0 Å². The van der Waals surface area contributed by atoms with Gasteiger partial charge in [-0.15, -0.1) is 6.42 Å². The molecule has 6 atom stereocenters. The highest BCUT2D eigenvalue weighted by molar-refractivity contribution is 6.06. The smallest absolute Gasteiger partial charge is 0.367 e. The minimum atomic E-state index is -0.973. The number of hydrogen-bond donors (Lipinski definition) is 2. The number of allylic oxidation sites excluding steroid dienone is 2. The number of aromatic amines is 1. The van der Waals surface area contributed by atoms with Crippen molar-refractivity contribution in [3.05, 3.63) is 69.9 Å². The monoisotopic (exact) mass is 534 g/mol. The molecule has 0 amide bonds. The van der Waals surface area contributed by atoms with Crippen molar-refractivity contribution in [2.24, 2.45) is 34.2 Å². The number of carbonyl (C=O) groups is 1. The van der Waals surface area contributed by atoms with Crippen LogP contribution < -0.4 is 5.43 Å². The number of hydrogen-bond acceptors (Lipinski definition) is 5. The molecule has 0 radical (unpaired) electrons. The van der Waals surface area contributed by atoms with Gasteiger partial charge >= 0.3 is 5.97 Å². The SMILES string of the molecule is C#C[C@]1(O)CC[C@H]2[C@@H]3CCC4=CC(=NOC(=O)c5cccc6c(=O)c7ccccc7[nH]c56)CC[C@@H]4[C@H]3CC[C@@]21C. The lowest BCUT2D eigenvalue weighted by molar-refractivity contribution is -0.0852. The summed E-state index contributed by atoms with van der Waals surface area (Å²) in [5, 5.41) is 16.5. The Morgan fingerprint density at radius 1 is 1.05 bits per heavy atom. The number of nitrogens with one attached hydrogen (secondary N) is 1. The van der Waals surface area contributed by atoms with Crippen molar-refractivity contribution in [2.75, 3.05) is 0 Å². The number of carbonyl (C=O) groups excluding carboxylic acids is 1. The Hall–Kier alpha value is -3.69. The summed E-state index contributed by atoms with van der Waals surface area (Å²) < 4.78 is 0. The molecule has 6 nitrogen and oxygen atoms in total. The lowest BCUT2D eigenvalue weighted by Gasteiger charge is -2.54. The summed E-state index contributed by atoms with van der Waals surface area (Å²) in [4.78, 5) is 34.8. The standard InChI is InChI=1S/C34H34N2O4/c1-3-34(39)18-16-28-24-13-11-20-19-21(12-14-22(20)23(24)15-17-33(28,34)2)36-40-32(38)27-9-6-8-26-30(27)35-29-10-5-4-7-25(29)31(26)37/h1,4-10,19,22-24,28,39H,11-18H2,2H3,(H,35,37)/t22-,23+,24+,28-,33-,34-/m0/s1. The normalized spacial score (nSPS) is 34.0. The molecule has 0 bridgehead atoms. The predicted octanol–water partition coefficient (Wildman–Crippen LogP) is 6.13. The van der Waals surface area contributed by atoms with Crippen molar-refractivity contribution in [3.63, 3.8) is 0 Å². The fraction of sp³-hybridized carbons (Fsp3) is 0.441. The third-order valence-electron chi connectivity index (χ3n) is 10.9. The van der Waals surface area contributed by atoms with Gasteiger partial charge < -0.3 is 14.9 Å². The van der Waals surface area contributed by atoms with Crippen LogP contribution >= 0.6 is 0 Å². The summed E-state index contributed by atoms with van der Waals surface area (Å²) in [5.41, 5.74) is 2.36. The van der Waals surface area contributed by atoms with E-state index in [1.54, 1.807) is 24.3 Å². The number of H-pyrrole nitrogens is 1. The maximum Gasteiger partial charge on any atom is 0.367 e. The quantitative estimate of drug-likeness (QED) is 0.179. The van der Waals surface area contributed by atoms with Gasteiger partial charge in [-0.05, 0) is 105 Å². The molecule has 2 aromatic carbocycles. The molecular formula is C34H34N2O4. The molecule has 3 saturated carbocycles. The first kappa shape index (κ1) is 25.3. The molecule has 40 heavy (non-hydrogen) atoms.